The molecule has 0 saturated heterocycles. The van der Waals surface area contributed by atoms with Crippen molar-refractivity contribution in [2.75, 3.05) is 33.0 Å². The summed E-state index contributed by atoms with van der Waals surface area (Å²) in [5.41, 5.74) is 2.63. The van der Waals surface area contributed by atoms with Crippen LogP contribution < -0.4 is 18.9 Å². The fourth-order valence-corrected chi connectivity index (χ4v) is 5.42. The zero-order valence-electron chi connectivity index (χ0n) is 19.9. The number of methoxy groups -OCH3 is 2. The zero-order chi connectivity index (χ0) is 24.3. The van der Waals surface area contributed by atoms with Gasteiger partial charge in [0.2, 0.25) is 0 Å². The first-order valence-electron chi connectivity index (χ1n) is 11.1. The lowest BCUT2D eigenvalue weighted by Crippen LogP contribution is -2.34. The van der Waals surface area contributed by atoms with Gasteiger partial charge in [-0.05, 0) is 75.3 Å². The lowest BCUT2D eigenvalue weighted by atomic mass is 9.86. The number of sulfonamides is 1. The SMILES string of the molecule is COc1ccccc1Oc1cccc(S(=O)(=O)Nc2ccc(OC)c3c2CC[C@H](N(C)C)C3)c1. The van der Waals surface area contributed by atoms with Gasteiger partial charge in [0.05, 0.1) is 24.8 Å². The number of fused-ring (bicyclic) bond motifs is 1. The zero-order valence-corrected chi connectivity index (χ0v) is 20.7. The second kappa shape index (κ2) is 9.95. The van der Waals surface area contributed by atoms with Crippen LogP contribution in [0.15, 0.2) is 65.6 Å². The Bertz CT molecular complexity index is 1270. The largest absolute Gasteiger partial charge is 0.496 e. The van der Waals surface area contributed by atoms with Crippen molar-refractivity contribution in [2.24, 2.45) is 0 Å². The van der Waals surface area contributed by atoms with Crippen molar-refractivity contribution in [1.29, 1.82) is 0 Å². The van der Waals surface area contributed by atoms with Gasteiger partial charge in [0.25, 0.3) is 10.0 Å². The van der Waals surface area contributed by atoms with Gasteiger partial charge in [0.1, 0.15) is 11.5 Å². The number of hydrogen-bond donors (Lipinski definition) is 1. The maximum absolute atomic E-state index is 13.3. The lowest BCUT2D eigenvalue weighted by molar-refractivity contribution is 0.265. The van der Waals surface area contributed by atoms with Crippen LogP contribution in [0.3, 0.4) is 0 Å². The Morgan fingerprint density at radius 1 is 0.882 bits per heavy atom. The summed E-state index contributed by atoms with van der Waals surface area (Å²) in [6.45, 7) is 0. The third-order valence-corrected chi connectivity index (χ3v) is 7.53. The molecule has 3 aromatic rings. The van der Waals surface area contributed by atoms with E-state index in [2.05, 4.69) is 23.7 Å². The standard InChI is InChI=1S/C26H30N2O5S/c1-28(2)18-12-13-21-22(16-18)24(31-3)15-14-23(21)27-34(29,30)20-9-7-8-19(17-20)33-26-11-6-5-10-25(26)32-4/h5-11,14-15,17-18,27H,12-13,16H2,1-4H3/t18-/m0/s1. The van der Waals surface area contributed by atoms with Crippen LogP contribution in [0.25, 0.3) is 0 Å². The first-order chi connectivity index (χ1) is 16.3. The molecular weight excluding hydrogens is 452 g/mol. The van der Waals surface area contributed by atoms with Crippen LogP contribution in [0.4, 0.5) is 5.69 Å². The van der Waals surface area contributed by atoms with Crippen LogP contribution in [-0.4, -0.2) is 47.7 Å². The molecule has 0 unspecified atom stereocenters. The Morgan fingerprint density at radius 2 is 1.62 bits per heavy atom. The van der Waals surface area contributed by atoms with Crippen LogP contribution in [-0.2, 0) is 22.9 Å². The highest BCUT2D eigenvalue weighted by Crippen LogP contribution is 2.37. The van der Waals surface area contributed by atoms with Gasteiger partial charge >= 0.3 is 0 Å². The highest BCUT2D eigenvalue weighted by molar-refractivity contribution is 7.92. The average Bonchev–Trinajstić information content (AvgIpc) is 2.84. The molecule has 0 spiro atoms. The summed E-state index contributed by atoms with van der Waals surface area (Å²) < 4.78 is 46.2. The molecular formula is C26H30N2O5S. The van der Waals surface area contributed by atoms with Crippen LogP contribution in [0, 0.1) is 0 Å². The van der Waals surface area contributed by atoms with Crippen LogP contribution in [0.1, 0.15) is 17.5 Å². The van der Waals surface area contributed by atoms with E-state index in [-0.39, 0.29) is 4.90 Å². The van der Waals surface area contributed by atoms with Gasteiger partial charge in [0.15, 0.2) is 11.5 Å². The topological polar surface area (TPSA) is 77.1 Å². The first kappa shape index (κ1) is 23.9. The molecule has 1 atom stereocenters. The minimum atomic E-state index is -3.84. The highest BCUT2D eigenvalue weighted by atomic mass is 32.2. The number of anilines is 1. The molecule has 180 valence electrons. The average molecular weight is 483 g/mol. The first-order valence-corrected chi connectivity index (χ1v) is 12.6. The molecule has 0 aliphatic heterocycles. The normalized spacial score (nSPS) is 15.5. The molecule has 0 amide bonds. The third kappa shape index (κ3) is 4.98. The summed E-state index contributed by atoms with van der Waals surface area (Å²) in [5.74, 6) is 2.26. The van der Waals surface area contributed by atoms with E-state index in [9.17, 15) is 8.42 Å². The minimum absolute atomic E-state index is 0.117. The van der Waals surface area contributed by atoms with Crippen LogP contribution in [0.2, 0.25) is 0 Å². The Hall–Kier alpha value is -3.23. The molecule has 0 heterocycles. The Balaban J connectivity index is 1.62. The smallest absolute Gasteiger partial charge is 0.262 e. The molecule has 1 aliphatic rings. The van der Waals surface area contributed by atoms with Crippen molar-refractivity contribution >= 4 is 15.7 Å². The number of para-hydroxylation sites is 2. The van der Waals surface area contributed by atoms with Crippen molar-refractivity contribution in [2.45, 2.75) is 30.2 Å². The number of hydrogen-bond acceptors (Lipinski definition) is 6. The van der Waals surface area contributed by atoms with Gasteiger partial charge in [-0.2, -0.15) is 0 Å². The number of likely N-dealkylation sites (N-methyl/N-ethyl adjacent to an activating group) is 1. The Kier molecular flexibility index (Phi) is 7.00. The van der Waals surface area contributed by atoms with Gasteiger partial charge in [-0.3, -0.25) is 4.72 Å². The predicted octanol–water partition coefficient (Wildman–Crippen LogP) is 4.72. The molecule has 1 N–H and O–H groups in total. The second-order valence-electron chi connectivity index (χ2n) is 8.47. The van der Waals surface area contributed by atoms with E-state index < -0.39 is 10.0 Å². The van der Waals surface area contributed by atoms with E-state index in [4.69, 9.17) is 14.2 Å². The van der Waals surface area contributed by atoms with Gasteiger partial charge in [-0.25, -0.2) is 8.42 Å². The number of nitrogens with one attached hydrogen (secondary N) is 1. The minimum Gasteiger partial charge on any atom is -0.496 e. The van der Waals surface area contributed by atoms with Gasteiger partial charge in [0, 0.05) is 17.7 Å². The maximum Gasteiger partial charge on any atom is 0.262 e. The van der Waals surface area contributed by atoms with Crippen molar-refractivity contribution in [3.05, 3.63) is 71.8 Å². The number of ether oxygens (including phenoxy) is 3. The van der Waals surface area contributed by atoms with Gasteiger partial charge in [-0.15, -0.1) is 0 Å². The summed E-state index contributed by atoms with van der Waals surface area (Å²) in [6, 6.07) is 17.6. The quantitative estimate of drug-likeness (QED) is 0.501. The van der Waals surface area contributed by atoms with E-state index in [1.165, 1.54) is 6.07 Å². The Labute approximate surface area is 201 Å². The highest BCUT2D eigenvalue weighted by Gasteiger charge is 2.27. The van der Waals surface area contributed by atoms with Crippen LogP contribution >= 0.6 is 0 Å². The monoisotopic (exact) mass is 482 g/mol. The van der Waals surface area contributed by atoms with Crippen LogP contribution in [0.5, 0.6) is 23.0 Å². The fraction of sp³-hybridized carbons (Fsp3) is 0.308. The van der Waals surface area contributed by atoms with Crippen molar-refractivity contribution < 1.29 is 22.6 Å². The summed E-state index contributed by atoms with van der Waals surface area (Å²) in [6.07, 6.45) is 2.53. The molecule has 1 aliphatic carbocycles. The van der Waals surface area contributed by atoms with Crippen molar-refractivity contribution in [1.82, 2.24) is 4.90 Å². The van der Waals surface area contributed by atoms with E-state index in [0.29, 0.717) is 29.0 Å². The van der Waals surface area contributed by atoms with E-state index in [1.807, 2.05) is 18.2 Å². The maximum atomic E-state index is 13.3. The molecule has 34 heavy (non-hydrogen) atoms. The third-order valence-electron chi connectivity index (χ3n) is 6.16. The molecule has 0 bridgehead atoms. The predicted molar refractivity (Wildman–Crippen MR) is 133 cm³/mol. The van der Waals surface area contributed by atoms with Crippen molar-refractivity contribution in [3.8, 4) is 23.0 Å². The Morgan fingerprint density at radius 3 is 2.32 bits per heavy atom. The van der Waals surface area contributed by atoms with E-state index in [0.717, 1.165) is 36.1 Å². The molecule has 7 nitrogen and oxygen atoms in total. The molecule has 0 fully saturated rings. The molecule has 0 saturated carbocycles. The van der Waals surface area contributed by atoms with E-state index >= 15 is 0 Å². The number of rotatable bonds is 8. The lowest BCUT2D eigenvalue weighted by Gasteiger charge is -2.32. The van der Waals surface area contributed by atoms with Crippen molar-refractivity contribution in [3.63, 3.8) is 0 Å². The summed E-state index contributed by atoms with van der Waals surface area (Å²) in [4.78, 5) is 2.32. The molecule has 0 radical (unpaired) electrons. The summed E-state index contributed by atoms with van der Waals surface area (Å²) in [5, 5.41) is 0. The molecule has 8 heteroatoms. The molecule has 0 aromatic heterocycles. The molecule has 3 aromatic carbocycles. The fourth-order valence-electron chi connectivity index (χ4n) is 4.30. The van der Waals surface area contributed by atoms with E-state index in [1.54, 1.807) is 50.6 Å². The van der Waals surface area contributed by atoms with Gasteiger partial charge in [-0.1, -0.05) is 18.2 Å². The summed E-state index contributed by atoms with van der Waals surface area (Å²) in [7, 11) is 3.49. The number of nitrogens with zero attached hydrogens (tertiary/aromatic N) is 1. The summed E-state index contributed by atoms with van der Waals surface area (Å²) >= 11 is 0. The van der Waals surface area contributed by atoms with Gasteiger partial charge < -0.3 is 19.1 Å². The molecule has 4 rings (SSSR count). The second-order valence-corrected chi connectivity index (χ2v) is 10.1. The number of benzene rings is 3.